The Morgan fingerprint density at radius 2 is 2.05 bits per heavy atom. The highest BCUT2D eigenvalue weighted by Gasteiger charge is 2.25. The van der Waals surface area contributed by atoms with E-state index in [-0.39, 0.29) is 6.04 Å². The highest BCUT2D eigenvalue weighted by atomic mass is 15.2. The number of hydrogen-bond acceptors (Lipinski definition) is 3. The van der Waals surface area contributed by atoms with E-state index in [4.69, 9.17) is 5.84 Å². The van der Waals surface area contributed by atoms with E-state index in [1.807, 2.05) is 19.2 Å². The molecule has 1 aromatic heterocycles. The molecular weight excluding hydrogens is 246 g/mol. The van der Waals surface area contributed by atoms with Crippen LogP contribution in [0.4, 0.5) is 0 Å². The summed E-state index contributed by atoms with van der Waals surface area (Å²) in [5.74, 6) is 6.54. The number of benzene rings is 1. The van der Waals surface area contributed by atoms with Crippen LogP contribution in [0.3, 0.4) is 0 Å². The number of rotatable bonds is 4. The number of nitrogens with one attached hydrogen (secondary N) is 1. The largest absolute Gasteiger partial charge is 0.271 e. The maximum absolute atomic E-state index is 5.84. The summed E-state index contributed by atoms with van der Waals surface area (Å²) in [7, 11) is 0. The molecular formula is C17H21N3. The standard InChI is InChI=1S/C17H21N3/c1-12-11-14(9-10-19-12)17(20-18)16-8-3-2-7-15(16)13-5-4-6-13/h2-3,7-11,13,17,20H,4-6,18H2,1H3. The zero-order chi connectivity index (χ0) is 13.9. The molecule has 0 radical (unpaired) electrons. The first-order valence-electron chi connectivity index (χ1n) is 7.27. The van der Waals surface area contributed by atoms with Gasteiger partial charge in [0.1, 0.15) is 0 Å². The van der Waals surface area contributed by atoms with Crippen molar-refractivity contribution >= 4 is 0 Å². The zero-order valence-electron chi connectivity index (χ0n) is 11.8. The molecule has 0 bridgehead atoms. The van der Waals surface area contributed by atoms with Crippen LogP contribution in [0.25, 0.3) is 0 Å². The van der Waals surface area contributed by atoms with E-state index < -0.39 is 0 Å². The predicted molar refractivity (Wildman–Crippen MR) is 81.2 cm³/mol. The SMILES string of the molecule is Cc1cc(C(NN)c2ccccc2C2CCC2)ccn1. The van der Waals surface area contributed by atoms with Crippen molar-refractivity contribution in [2.45, 2.75) is 38.1 Å². The van der Waals surface area contributed by atoms with Gasteiger partial charge >= 0.3 is 0 Å². The highest BCUT2D eigenvalue weighted by Crippen LogP contribution is 2.40. The van der Waals surface area contributed by atoms with Crippen LogP contribution in [0.5, 0.6) is 0 Å². The lowest BCUT2D eigenvalue weighted by molar-refractivity contribution is 0.414. The Hall–Kier alpha value is -1.71. The van der Waals surface area contributed by atoms with Gasteiger partial charge in [0.2, 0.25) is 0 Å². The molecule has 1 aliphatic carbocycles. The minimum Gasteiger partial charge on any atom is -0.271 e. The highest BCUT2D eigenvalue weighted by molar-refractivity contribution is 5.40. The monoisotopic (exact) mass is 267 g/mol. The lowest BCUT2D eigenvalue weighted by atomic mass is 9.76. The van der Waals surface area contributed by atoms with Crippen molar-refractivity contribution in [3.8, 4) is 0 Å². The quantitative estimate of drug-likeness (QED) is 0.660. The molecule has 1 saturated carbocycles. The average Bonchev–Trinajstić information content (AvgIpc) is 2.40. The number of aromatic nitrogens is 1. The maximum Gasteiger partial charge on any atom is 0.0714 e. The molecule has 0 aliphatic heterocycles. The third-order valence-corrected chi connectivity index (χ3v) is 4.27. The predicted octanol–water partition coefficient (Wildman–Crippen LogP) is 3.21. The van der Waals surface area contributed by atoms with Gasteiger partial charge in [0.15, 0.2) is 0 Å². The van der Waals surface area contributed by atoms with E-state index >= 15 is 0 Å². The first-order valence-corrected chi connectivity index (χ1v) is 7.27. The van der Waals surface area contributed by atoms with Crippen LogP contribution in [0.15, 0.2) is 42.6 Å². The summed E-state index contributed by atoms with van der Waals surface area (Å²) >= 11 is 0. The van der Waals surface area contributed by atoms with Crippen molar-refractivity contribution < 1.29 is 0 Å². The summed E-state index contributed by atoms with van der Waals surface area (Å²) in [6.45, 7) is 2.01. The van der Waals surface area contributed by atoms with Crippen LogP contribution in [-0.2, 0) is 0 Å². The molecule has 1 atom stereocenters. The van der Waals surface area contributed by atoms with Gasteiger partial charge in [0.05, 0.1) is 6.04 Å². The van der Waals surface area contributed by atoms with Crippen LogP contribution in [0.2, 0.25) is 0 Å². The number of nitrogens with two attached hydrogens (primary N) is 1. The molecule has 0 saturated heterocycles. The second-order valence-electron chi connectivity index (χ2n) is 5.59. The van der Waals surface area contributed by atoms with Crippen LogP contribution < -0.4 is 11.3 Å². The van der Waals surface area contributed by atoms with Crippen molar-refractivity contribution in [3.63, 3.8) is 0 Å². The number of aryl methyl sites for hydroxylation is 1. The molecule has 1 heterocycles. The lowest BCUT2D eigenvalue weighted by Gasteiger charge is -2.30. The molecule has 3 rings (SSSR count). The zero-order valence-corrected chi connectivity index (χ0v) is 11.8. The second-order valence-corrected chi connectivity index (χ2v) is 5.59. The Morgan fingerprint density at radius 3 is 2.70 bits per heavy atom. The number of nitrogens with zero attached hydrogens (tertiary/aromatic N) is 1. The number of pyridine rings is 1. The van der Waals surface area contributed by atoms with Crippen LogP contribution in [0.1, 0.15) is 53.6 Å². The van der Waals surface area contributed by atoms with Crippen LogP contribution in [0, 0.1) is 6.92 Å². The van der Waals surface area contributed by atoms with Gasteiger partial charge in [-0.05, 0) is 54.5 Å². The van der Waals surface area contributed by atoms with E-state index in [0.29, 0.717) is 5.92 Å². The Kier molecular flexibility index (Phi) is 3.81. The topological polar surface area (TPSA) is 50.9 Å². The van der Waals surface area contributed by atoms with Crippen molar-refractivity contribution in [2.75, 3.05) is 0 Å². The van der Waals surface area contributed by atoms with E-state index in [2.05, 4.69) is 40.7 Å². The van der Waals surface area contributed by atoms with Gasteiger partial charge in [0.25, 0.3) is 0 Å². The van der Waals surface area contributed by atoms with E-state index in [0.717, 1.165) is 5.69 Å². The van der Waals surface area contributed by atoms with E-state index in [1.54, 1.807) is 0 Å². The molecule has 0 amide bonds. The molecule has 1 aromatic carbocycles. The number of hydrazine groups is 1. The first-order chi connectivity index (χ1) is 9.79. The number of hydrogen-bond donors (Lipinski definition) is 2. The van der Waals surface area contributed by atoms with Gasteiger partial charge in [-0.1, -0.05) is 30.7 Å². The molecule has 1 unspecified atom stereocenters. The summed E-state index contributed by atoms with van der Waals surface area (Å²) < 4.78 is 0. The molecule has 1 aliphatic rings. The minimum absolute atomic E-state index is 0.0356. The average molecular weight is 267 g/mol. The van der Waals surface area contributed by atoms with Crippen molar-refractivity contribution in [1.82, 2.24) is 10.4 Å². The summed E-state index contributed by atoms with van der Waals surface area (Å²) in [6, 6.07) is 12.8. The summed E-state index contributed by atoms with van der Waals surface area (Å²) in [5, 5.41) is 0. The van der Waals surface area contributed by atoms with E-state index in [1.165, 1.54) is 36.0 Å². The van der Waals surface area contributed by atoms with E-state index in [9.17, 15) is 0 Å². The lowest BCUT2D eigenvalue weighted by Crippen LogP contribution is -2.30. The Labute approximate surface area is 120 Å². The third-order valence-electron chi connectivity index (χ3n) is 4.27. The molecule has 20 heavy (non-hydrogen) atoms. The van der Waals surface area contributed by atoms with Crippen LogP contribution >= 0.6 is 0 Å². The molecule has 3 nitrogen and oxygen atoms in total. The van der Waals surface area contributed by atoms with Crippen molar-refractivity contribution in [2.24, 2.45) is 5.84 Å². The van der Waals surface area contributed by atoms with Gasteiger partial charge in [-0.25, -0.2) is 5.43 Å². The fraction of sp³-hybridized carbons (Fsp3) is 0.353. The van der Waals surface area contributed by atoms with Gasteiger partial charge < -0.3 is 0 Å². The molecule has 3 N–H and O–H groups in total. The maximum atomic E-state index is 5.84. The smallest absolute Gasteiger partial charge is 0.0714 e. The van der Waals surface area contributed by atoms with Crippen molar-refractivity contribution in [1.29, 1.82) is 0 Å². The normalized spacial score (nSPS) is 16.7. The second kappa shape index (κ2) is 5.73. The molecule has 104 valence electrons. The fourth-order valence-electron chi connectivity index (χ4n) is 2.98. The Balaban J connectivity index is 2.01. The summed E-state index contributed by atoms with van der Waals surface area (Å²) in [5.41, 5.74) is 7.91. The van der Waals surface area contributed by atoms with Crippen molar-refractivity contribution in [3.05, 3.63) is 65.0 Å². The van der Waals surface area contributed by atoms with Gasteiger partial charge in [-0.15, -0.1) is 0 Å². The Morgan fingerprint density at radius 1 is 1.25 bits per heavy atom. The third kappa shape index (κ3) is 2.47. The van der Waals surface area contributed by atoms with Crippen LogP contribution in [-0.4, -0.2) is 4.98 Å². The molecule has 0 spiro atoms. The summed E-state index contributed by atoms with van der Waals surface area (Å²) in [4.78, 5) is 4.27. The van der Waals surface area contributed by atoms with Gasteiger partial charge in [-0.3, -0.25) is 10.8 Å². The Bertz CT molecular complexity index is 590. The molecule has 2 aromatic rings. The summed E-state index contributed by atoms with van der Waals surface area (Å²) in [6.07, 6.45) is 5.78. The van der Waals surface area contributed by atoms with Gasteiger partial charge in [-0.2, -0.15) is 0 Å². The first kappa shape index (κ1) is 13.3. The van der Waals surface area contributed by atoms with Gasteiger partial charge in [0, 0.05) is 11.9 Å². The fourth-order valence-corrected chi connectivity index (χ4v) is 2.98. The minimum atomic E-state index is 0.0356. The molecule has 3 heteroatoms. The molecule has 1 fully saturated rings.